The Morgan fingerprint density at radius 1 is 1.62 bits per heavy atom. The number of nitrogens with two attached hydrogens (primary N) is 1. The Bertz CT molecular complexity index is 400. The van der Waals surface area contributed by atoms with E-state index in [2.05, 4.69) is 5.10 Å². The fourth-order valence-electron chi connectivity index (χ4n) is 2.17. The standard InChI is InChI=1S/C11H18ClN3O/c1-7-10(12)9(15(2)14-7)5-11(16,6-13)8-3-4-8/h8,16H,3-6,13H2,1-2H3. The summed E-state index contributed by atoms with van der Waals surface area (Å²) in [7, 11) is 1.85. The van der Waals surface area contributed by atoms with Crippen molar-refractivity contribution in [3.8, 4) is 0 Å². The van der Waals surface area contributed by atoms with Crippen LogP contribution in [0.4, 0.5) is 0 Å². The van der Waals surface area contributed by atoms with E-state index < -0.39 is 5.60 Å². The first-order chi connectivity index (χ1) is 7.48. The first-order valence-electron chi connectivity index (χ1n) is 5.58. The minimum atomic E-state index is -0.816. The summed E-state index contributed by atoms with van der Waals surface area (Å²) in [5, 5.41) is 15.3. The zero-order valence-corrected chi connectivity index (χ0v) is 10.5. The van der Waals surface area contributed by atoms with Crippen LogP contribution in [0.25, 0.3) is 0 Å². The van der Waals surface area contributed by atoms with Crippen molar-refractivity contribution < 1.29 is 5.11 Å². The molecule has 1 atom stereocenters. The van der Waals surface area contributed by atoms with E-state index in [4.69, 9.17) is 17.3 Å². The number of aryl methyl sites for hydroxylation is 2. The van der Waals surface area contributed by atoms with Gasteiger partial charge in [0, 0.05) is 20.0 Å². The number of halogens is 1. The Morgan fingerprint density at radius 3 is 2.62 bits per heavy atom. The average Bonchev–Trinajstić information content (AvgIpc) is 3.05. The second-order valence-corrected chi connectivity index (χ2v) is 5.11. The Kier molecular flexibility index (Phi) is 2.99. The van der Waals surface area contributed by atoms with Crippen molar-refractivity contribution in [3.05, 3.63) is 16.4 Å². The van der Waals surface area contributed by atoms with Gasteiger partial charge in [-0.05, 0) is 25.7 Å². The lowest BCUT2D eigenvalue weighted by atomic mass is 9.92. The van der Waals surface area contributed by atoms with Crippen LogP contribution >= 0.6 is 11.6 Å². The third-order valence-corrected chi connectivity index (χ3v) is 3.92. The Hall–Kier alpha value is -0.580. The lowest BCUT2D eigenvalue weighted by Gasteiger charge is -2.26. The van der Waals surface area contributed by atoms with Crippen LogP contribution in [0.5, 0.6) is 0 Å². The van der Waals surface area contributed by atoms with Gasteiger partial charge in [-0.3, -0.25) is 4.68 Å². The van der Waals surface area contributed by atoms with Crippen molar-refractivity contribution in [2.75, 3.05) is 6.54 Å². The van der Waals surface area contributed by atoms with E-state index in [1.54, 1.807) is 4.68 Å². The highest BCUT2D eigenvalue weighted by atomic mass is 35.5. The van der Waals surface area contributed by atoms with Crippen LogP contribution in [0.15, 0.2) is 0 Å². The van der Waals surface area contributed by atoms with Crippen LogP contribution in [0.1, 0.15) is 24.2 Å². The third-order valence-electron chi connectivity index (χ3n) is 3.43. The summed E-state index contributed by atoms with van der Waals surface area (Å²) in [5.74, 6) is 0.323. The summed E-state index contributed by atoms with van der Waals surface area (Å²) in [6.07, 6.45) is 2.61. The molecule has 1 aromatic rings. The molecule has 1 aromatic heterocycles. The molecule has 2 rings (SSSR count). The van der Waals surface area contributed by atoms with Crippen molar-refractivity contribution in [2.45, 2.75) is 31.8 Å². The van der Waals surface area contributed by atoms with Gasteiger partial charge in [-0.2, -0.15) is 5.10 Å². The molecule has 0 aromatic carbocycles. The highest BCUT2D eigenvalue weighted by Gasteiger charge is 2.43. The van der Waals surface area contributed by atoms with Gasteiger partial charge in [0.25, 0.3) is 0 Å². The number of rotatable bonds is 4. The molecule has 1 aliphatic rings. The molecule has 0 bridgehead atoms. The predicted molar refractivity (Wildman–Crippen MR) is 63.4 cm³/mol. The summed E-state index contributed by atoms with van der Waals surface area (Å²) in [4.78, 5) is 0. The molecule has 90 valence electrons. The van der Waals surface area contributed by atoms with Gasteiger partial charge in [-0.1, -0.05) is 11.6 Å². The van der Waals surface area contributed by atoms with E-state index in [1.807, 2.05) is 14.0 Å². The zero-order chi connectivity index (χ0) is 11.9. The SMILES string of the molecule is Cc1nn(C)c(CC(O)(CN)C2CC2)c1Cl. The molecule has 1 fully saturated rings. The quantitative estimate of drug-likeness (QED) is 0.830. The van der Waals surface area contributed by atoms with E-state index in [1.165, 1.54) is 0 Å². The van der Waals surface area contributed by atoms with Gasteiger partial charge in [0.1, 0.15) is 0 Å². The van der Waals surface area contributed by atoms with Crippen molar-refractivity contribution in [1.29, 1.82) is 0 Å². The molecule has 4 nitrogen and oxygen atoms in total. The van der Waals surface area contributed by atoms with Gasteiger partial charge >= 0.3 is 0 Å². The number of aliphatic hydroxyl groups is 1. The molecular weight excluding hydrogens is 226 g/mol. The Balaban J connectivity index is 2.25. The van der Waals surface area contributed by atoms with Crippen molar-refractivity contribution in [1.82, 2.24) is 9.78 Å². The molecule has 0 radical (unpaired) electrons. The monoisotopic (exact) mass is 243 g/mol. The smallest absolute Gasteiger partial charge is 0.0852 e. The lowest BCUT2D eigenvalue weighted by molar-refractivity contribution is 0.0250. The average molecular weight is 244 g/mol. The molecule has 0 saturated heterocycles. The van der Waals surface area contributed by atoms with Gasteiger partial charge in [0.15, 0.2) is 0 Å². The minimum Gasteiger partial charge on any atom is -0.388 e. The molecule has 5 heteroatoms. The molecule has 1 unspecified atom stereocenters. The van der Waals surface area contributed by atoms with Crippen molar-refractivity contribution >= 4 is 11.6 Å². The molecular formula is C11H18ClN3O. The topological polar surface area (TPSA) is 64.1 Å². The van der Waals surface area contributed by atoms with Crippen LogP contribution in [-0.4, -0.2) is 27.0 Å². The van der Waals surface area contributed by atoms with E-state index in [0.29, 0.717) is 17.4 Å². The number of aromatic nitrogens is 2. The molecule has 1 aliphatic carbocycles. The summed E-state index contributed by atoms with van der Waals surface area (Å²) in [6.45, 7) is 2.14. The molecule has 0 aliphatic heterocycles. The van der Waals surface area contributed by atoms with Gasteiger partial charge in [-0.15, -0.1) is 0 Å². The number of hydrogen-bond acceptors (Lipinski definition) is 3. The lowest BCUT2D eigenvalue weighted by Crippen LogP contribution is -2.42. The van der Waals surface area contributed by atoms with E-state index in [0.717, 1.165) is 24.2 Å². The maximum absolute atomic E-state index is 10.4. The maximum atomic E-state index is 10.4. The number of nitrogens with zero attached hydrogens (tertiary/aromatic N) is 2. The molecule has 1 saturated carbocycles. The molecule has 3 N–H and O–H groups in total. The summed E-state index contributed by atoms with van der Waals surface area (Å²) in [6, 6.07) is 0. The molecule has 1 heterocycles. The fraction of sp³-hybridized carbons (Fsp3) is 0.727. The maximum Gasteiger partial charge on any atom is 0.0852 e. The van der Waals surface area contributed by atoms with Crippen molar-refractivity contribution in [3.63, 3.8) is 0 Å². The van der Waals surface area contributed by atoms with E-state index >= 15 is 0 Å². The fourth-order valence-corrected chi connectivity index (χ4v) is 2.39. The summed E-state index contributed by atoms with van der Waals surface area (Å²) in [5.41, 5.74) is 6.54. The van der Waals surface area contributed by atoms with Gasteiger partial charge in [0.05, 0.1) is 22.0 Å². The van der Waals surface area contributed by atoms with Gasteiger partial charge in [0.2, 0.25) is 0 Å². The second kappa shape index (κ2) is 4.02. The Morgan fingerprint density at radius 2 is 2.25 bits per heavy atom. The second-order valence-electron chi connectivity index (χ2n) is 4.73. The first kappa shape index (κ1) is 11.9. The minimum absolute atomic E-state index is 0.276. The molecule has 0 amide bonds. The van der Waals surface area contributed by atoms with E-state index in [9.17, 15) is 5.11 Å². The Labute approximate surface area is 100 Å². The normalized spacial score (nSPS) is 19.8. The van der Waals surface area contributed by atoms with Gasteiger partial charge in [-0.25, -0.2) is 0 Å². The van der Waals surface area contributed by atoms with Crippen LogP contribution in [-0.2, 0) is 13.5 Å². The summed E-state index contributed by atoms with van der Waals surface area (Å²) >= 11 is 6.17. The van der Waals surface area contributed by atoms with E-state index in [-0.39, 0.29) is 6.54 Å². The largest absolute Gasteiger partial charge is 0.388 e. The van der Waals surface area contributed by atoms with Gasteiger partial charge < -0.3 is 10.8 Å². The first-order valence-corrected chi connectivity index (χ1v) is 5.96. The summed E-state index contributed by atoms with van der Waals surface area (Å²) < 4.78 is 1.74. The highest BCUT2D eigenvalue weighted by Crippen LogP contribution is 2.41. The van der Waals surface area contributed by atoms with Crippen LogP contribution < -0.4 is 5.73 Å². The molecule has 0 spiro atoms. The third kappa shape index (κ3) is 1.97. The zero-order valence-electron chi connectivity index (χ0n) is 9.70. The van der Waals surface area contributed by atoms with Crippen molar-refractivity contribution in [2.24, 2.45) is 18.7 Å². The predicted octanol–water partition coefficient (Wildman–Crippen LogP) is 1.02. The highest BCUT2D eigenvalue weighted by molar-refractivity contribution is 6.31. The number of hydrogen-bond donors (Lipinski definition) is 2. The molecule has 16 heavy (non-hydrogen) atoms. The van der Waals surface area contributed by atoms with Crippen LogP contribution in [0, 0.1) is 12.8 Å². The van der Waals surface area contributed by atoms with Crippen LogP contribution in [0.3, 0.4) is 0 Å². The van der Waals surface area contributed by atoms with Crippen LogP contribution in [0.2, 0.25) is 5.02 Å².